The molecule has 2 atom stereocenters. The second-order valence-electron chi connectivity index (χ2n) is 12.5. The van der Waals surface area contributed by atoms with Gasteiger partial charge in [0.1, 0.15) is 11.9 Å². The average molecular weight is 642 g/mol. The molecule has 248 valence electrons. The average Bonchev–Trinajstić information content (AvgIpc) is 3.33. The molecule has 1 aliphatic rings. The summed E-state index contributed by atoms with van der Waals surface area (Å²) < 4.78 is 17.2. The topological polar surface area (TPSA) is 144 Å². The van der Waals surface area contributed by atoms with E-state index in [-0.39, 0.29) is 34.8 Å². The van der Waals surface area contributed by atoms with E-state index in [4.69, 9.17) is 14.2 Å². The molecule has 11 heteroatoms. The molecule has 0 aliphatic heterocycles. The van der Waals surface area contributed by atoms with Gasteiger partial charge in [-0.05, 0) is 71.8 Å². The number of benzene rings is 2. The molecule has 4 aromatic rings. The first-order valence-electron chi connectivity index (χ1n) is 15.8. The Labute approximate surface area is 274 Å². The first-order chi connectivity index (χ1) is 22.4. The second kappa shape index (κ2) is 13.7. The van der Waals surface area contributed by atoms with Crippen LogP contribution < -0.4 is 35.6 Å². The number of carbonyl (C=O) groups is 2. The molecule has 0 spiro atoms. The standard InChI is InChI=1S/C36H43N5O6/c1-18(2)32(36(44)38-22-10-13-26-28(16-22)41-35(40-26)19(3)4)39-27-14-11-23-24(17-29(27)43)25(37-20(5)42)12-9-21-15-30(45-6)33(46-7)34(47-8)31(21)23/h10-11,13-19,25,32H,9,12H2,1-8H3,(H,37,42)(H,38,44)(H,39,43)(H,40,41)/t25-,32+/m0/s1. The van der Waals surface area contributed by atoms with Crippen LogP contribution in [-0.2, 0) is 16.0 Å². The summed E-state index contributed by atoms with van der Waals surface area (Å²) in [6.07, 6.45) is 1.13. The van der Waals surface area contributed by atoms with Crippen molar-refractivity contribution >= 4 is 34.2 Å². The molecule has 0 saturated heterocycles. The van der Waals surface area contributed by atoms with Gasteiger partial charge in [0.05, 0.1) is 44.1 Å². The van der Waals surface area contributed by atoms with Gasteiger partial charge in [-0.3, -0.25) is 14.4 Å². The van der Waals surface area contributed by atoms with E-state index >= 15 is 0 Å². The SMILES string of the molecule is COc1cc2c(c(OC)c1OC)-c1ccc(N[C@@H](C(=O)Nc3ccc4nc(C(C)C)[nH]c4c3)C(C)C)c(=O)cc1[C@@H](NC(C)=O)CC2. The second-order valence-corrected chi connectivity index (χ2v) is 12.5. The number of imidazole rings is 1. The highest BCUT2D eigenvalue weighted by Crippen LogP contribution is 2.50. The van der Waals surface area contributed by atoms with E-state index in [2.05, 4.69) is 39.8 Å². The Morgan fingerprint density at radius 3 is 2.34 bits per heavy atom. The summed E-state index contributed by atoms with van der Waals surface area (Å²) in [5.41, 5.74) is 5.23. The highest BCUT2D eigenvalue weighted by atomic mass is 16.5. The molecule has 4 N–H and O–H groups in total. The van der Waals surface area contributed by atoms with Gasteiger partial charge in [-0.15, -0.1) is 0 Å². The Morgan fingerprint density at radius 2 is 1.70 bits per heavy atom. The minimum absolute atomic E-state index is 0.161. The van der Waals surface area contributed by atoms with E-state index < -0.39 is 12.1 Å². The van der Waals surface area contributed by atoms with Gasteiger partial charge in [-0.2, -0.15) is 0 Å². The highest BCUT2D eigenvalue weighted by molar-refractivity contribution is 5.98. The Bertz CT molecular complexity index is 1880. The van der Waals surface area contributed by atoms with Gasteiger partial charge in [0.2, 0.25) is 23.0 Å². The number of carbonyl (C=O) groups excluding carboxylic acids is 2. The van der Waals surface area contributed by atoms with Gasteiger partial charge in [0.15, 0.2) is 11.5 Å². The number of aryl methyl sites for hydroxylation is 1. The number of nitrogens with zero attached hydrogens (tertiary/aromatic N) is 1. The Hall–Kier alpha value is -5.06. The van der Waals surface area contributed by atoms with Crippen molar-refractivity contribution in [1.82, 2.24) is 15.3 Å². The largest absolute Gasteiger partial charge is 0.493 e. The minimum atomic E-state index is -0.731. The summed E-state index contributed by atoms with van der Waals surface area (Å²) in [5.74, 6) is 1.88. The maximum Gasteiger partial charge on any atom is 0.247 e. The number of hydrogen-bond donors (Lipinski definition) is 4. The van der Waals surface area contributed by atoms with E-state index in [1.165, 1.54) is 13.0 Å². The van der Waals surface area contributed by atoms with E-state index in [0.717, 1.165) is 28.0 Å². The van der Waals surface area contributed by atoms with Gasteiger partial charge in [0, 0.05) is 24.1 Å². The van der Waals surface area contributed by atoms with Crippen molar-refractivity contribution in [2.24, 2.45) is 5.92 Å². The zero-order valence-corrected chi connectivity index (χ0v) is 28.2. The number of fused-ring (bicyclic) bond motifs is 4. The van der Waals surface area contributed by atoms with E-state index in [0.29, 0.717) is 46.9 Å². The lowest BCUT2D eigenvalue weighted by molar-refractivity contribution is -0.120. The maximum absolute atomic E-state index is 13.9. The number of aromatic nitrogens is 2. The lowest BCUT2D eigenvalue weighted by Gasteiger charge is -2.22. The predicted octanol–water partition coefficient (Wildman–Crippen LogP) is 5.94. The normalized spacial score (nSPS) is 14.6. The Morgan fingerprint density at radius 1 is 0.957 bits per heavy atom. The highest BCUT2D eigenvalue weighted by Gasteiger charge is 2.30. The lowest BCUT2D eigenvalue weighted by atomic mass is 9.95. The molecule has 11 nitrogen and oxygen atoms in total. The van der Waals surface area contributed by atoms with Crippen LogP contribution in [0, 0.1) is 5.92 Å². The number of amides is 2. The zero-order valence-electron chi connectivity index (χ0n) is 28.2. The molecule has 2 amide bonds. The molecule has 0 fully saturated rings. The number of ether oxygens (including phenoxy) is 3. The van der Waals surface area contributed by atoms with Crippen molar-refractivity contribution in [3.8, 4) is 28.4 Å². The first-order valence-corrected chi connectivity index (χ1v) is 15.8. The third-order valence-electron chi connectivity index (χ3n) is 8.49. The summed E-state index contributed by atoms with van der Waals surface area (Å²) in [6, 6.07) is 11.3. The van der Waals surface area contributed by atoms with Crippen LogP contribution in [-0.4, -0.2) is 49.2 Å². The van der Waals surface area contributed by atoms with Crippen LogP contribution in [0.4, 0.5) is 11.4 Å². The third kappa shape index (κ3) is 6.74. The van der Waals surface area contributed by atoms with Crippen LogP contribution >= 0.6 is 0 Å². The summed E-state index contributed by atoms with van der Waals surface area (Å²) in [4.78, 5) is 47.8. The zero-order chi connectivity index (χ0) is 34.0. The fraction of sp³-hybridized carbons (Fsp3) is 0.389. The quantitative estimate of drug-likeness (QED) is 0.167. The first kappa shape index (κ1) is 33.3. The van der Waals surface area contributed by atoms with Crippen molar-refractivity contribution in [3.05, 3.63) is 69.6 Å². The molecular formula is C36H43N5O6. The third-order valence-corrected chi connectivity index (χ3v) is 8.49. The molecule has 1 aromatic heterocycles. The number of methoxy groups -OCH3 is 3. The fourth-order valence-corrected chi connectivity index (χ4v) is 6.13. The summed E-state index contributed by atoms with van der Waals surface area (Å²) in [7, 11) is 4.66. The molecule has 0 unspecified atom stereocenters. The molecule has 3 aromatic carbocycles. The number of H-pyrrole nitrogens is 1. The van der Waals surface area contributed by atoms with E-state index in [9.17, 15) is 14.4 Å². The monoisotopic (exact) mass is 641 g/mol. The number of anilines is 2. The lowest BCUT2D eigenvalue weighted by Crippen LogP contribution is -2.39. The summed E-state index contributed by atoms with van der Waals surface area (Å²) in [6.45, 7) is 9.42. The number of rotatable bonds is 10. The molecule has 0 radical (unpaired) electrons. The van der Waals surface area contributed by atoms with Crippen molar-refractivity contribution in [2.45, 2.75) is 65.5 Å². The van der Waals surface area contributed by atoms with Crippen LogP contribution in [0.25, 0.3) is 22.2 Å². The van der Waals surface area contributed by atoms with Crippen LogP contribution in [0.2, 0.25) is 0 Å². The summed E-state index contributed by atoms with van der Waals surface area (Å²) >= 11 is 0. The fourth-order valence-electron chi connectivity index (χ4n) is 6.13. The van der Waals surface area contributed by atoms with Crippen LogP contribution in [0.15, 0.2) is 47.3 Å². The molecule has 1 aliphatic carbocycles. The van der Waals surface area contributed by atoms with Gasteiger partial charge in [-0.25, -0.2) is 4.98 Å². The Kier molecular flexibility index (Phi) is 9.74. The van der Waals surface area contributed by atoms with Gasteiger partial charge < -0.3 is 35.1 Å². The molecule has 0 bridgehead atoms. The molecule has 1 heterocycles. The van der Waals surface area contributed by atoms with Gasteiger partial charge in [-0.1, -0.05) is 33.8 Å². The number of aromatic amines is 1. The van der Waals surface area contributed by atoms with E-state index in [1.54, 1.807) is 27.4 Å². The predicted molar refractivity (Wildman–Crippen MR) is 184 cm³/mol. The molecule has 47 heavy (non-hydrogen) atoms. The van der Waals surface area contributed by atoms with Crippen molar-refractivity contribution in [2.75, 3.05) is 32.0 Å². The van der Waals surface area contributed by atoms with Crippen LogP contribution in [0.5, 0.6) is 17.2 Å². The van der Waals surface area contributed by atoms with E-state index in [1.807, 2.05) is 44.2 Å². The van der Waals surface area contributed by atoms with Crippen molar-refractivity contribution in [3.63, 3.8) is 0 Å². The molecule has 0 saturated carbocycles. The van der Waals surface area contributed by atoms with Crippen molar-refractivity contribution in [1.29, 1.82) is 0 Å². The molecule has 5 rings (SSSR count). The minimum Gasteiger partial charge on any atom is -0.493 e. The smallest absolute Gasteiger partial charge is 0.247 e. The summed E-state index contributed by atoms with van der Waals surface area (Å²) in [5, 5.41) is 9.25. The van der Waals surface area contributed by atoms with Crippen molar-refractivity contribution < 1.29 is 23.8 Å². The van der Waals surface area contributed by atoms with Gasteiger partial charge >= 0.3 is 0 Å². The number of hydrogen-bond acceptors (Lipinski definition) is 8. The van der Waals surface area contributed by atoms with Crippen LogP contribution in [0.3, 0.4) is 0 Å². The van der Waals surface area contributed by atoms with Crippen LogP contribution in [0.1, 0.15) is 70.0 Å². The maximum atomic E-state index is 13.9. The Balaban J connectivity index is 1.55. The van der Waals surface area contributed by atoms with Gasteiger partial charge in [0.25, 0.3) is 0 Å². The number of nitrogens with one attached hydrogen (secondary N) is 4. The molecular weight excluding hydrogens is 598 g/mol.